The summed E-state index contributed by atoms with van der Waals surface area (Å²) in [5.41, 5.74) is 2.49. The van der Waals surface area contributed by atoms with Crippen LogP contribution in [0.3, 0.4) is 0 Å². The molecule has 3 rings (SSSR count). The second-order valence-corrected chi connectivity index (χ2v) is 4.69. The van der Waals surface area contributed by atoms with Crippen LogP contribution in [-0.4, -0.2) is 17.0 Å². The molecule has 15 heavy (non-hydrogen) atoms. The molecule has 1 atom stereocenters. The zero-order valence-electron chi connectivity index (χ0n) is 8.53. The Hall–Kier alpha value is -1.19. The van der Waals surface area contributed by atoms with E-state index in [1.54, 1.807) is 11.5 Å². The third kappa shape index (κ3) is 1.48. The van der Waals surface area contributed by atoms with Crippen LogP contribution in [0.4, 0.5) is 0 Å². The van der Waals surface area contributed by atoms with Crippen molar-refractivity contribution in [2.24, 2.45) is 0 Å². The minimum atomic E-state index is 0.473. The molecule has 1 aliphatic rings. The molecule has 0 bridgehead atoms. The highest BCUT2D eigenvalue weighted by molar-refractivity contribution is 7.13. The fourth-order valence-electron chi connectivity index (χ4n) is 1.97. The molecule has 1 aromatic carbocycles. The minimum absolute atomic E-state index is 0.473. The number of nitrogens with one attached hydrogen (secondary N) is 1. The summed E-state index contributed by atoms with van der Waals surface area (Å²) in [5.74, 6) is 0. The van der Waals surface area contributed by atoms with Crippen LogP contribution in [0.2, 0.25) is 0 Å². The lowest BCUT2D eigenvalue weighted by molar-refractivity contribution is 0.728. The first-order valence-electron chi connectivity index (χ1n) is 5.13. The highest BCUT2D eigenvalue weighted by Crippen LogP contribution is 2.28. The zero-order chi connectivity index (χ0) is 10.3. The van der Waals surface area contributed by atoms with Crippen LogP contribution in [0.5, 0.6) is 0 Å². The summed E-state index contributed by atoms with van der Waals surface area (Å²) in [4.78, 5) is 0. The molecule has 76 valence electrons. The molecule has 0 spiro atoms. The molecule has 1 N–H and O–H groups in total. The molecule has 0 saturated carbocycles. The summed E-state index contributed by atoms with van der Waals surface area (Å²) in [5, 5.41) is 4.68. The maximum Gasteiger partial charge on any atom is 0.0889 e. The van der Waals surface area contributed by atoms with Gasteiger partial charge in [0.15, 0.2) is 0 Å². The molecule has 0 fully saturated rings. The predicted molar refractivity (Wildman–Crippen MR) is 65.1 cm³/mol. The predicted octanol–water partition coefficient (Wildman–Crippen LogP) is 2.67. The second-order valence-electron chi connectivity index (χ2n) is 3.89. The molecule has 3 heteroatoms. The van der Waals surface area contributed by atoms with Crippen LogP contribution in [-0.2, 0) is 0 Å². The summed E-state index contributed by atoms with van der Waals surface area (Å²) in [6.45, 7) is 3.11. The standard InChI is InChI=1S/C12H12N2S/c1-8-6-9(7-13-8)12-10-4-2-3-5-11(10)15-14-12/h2-6,8,13H,7H2,1H3/t8-/m0/s1. The molecule has 0 amide bonds. The summed E-state index contributed by atoms with van der Waals surface area (Å²) in [6.07, 6.45) is 2.27. The van der Waals surface area contributed by atoms with E-state index in [0.717, 1.165) is 12.2 Å². The third-order valence-corrected chi connectivity index (χ3v) is 3.57. The quantitative estimate of drug-likeness (QED) is 0.792. The second kappa shape index (κ2) is 3.43. The van der Waals surface area contributed by atoms with Gasteiger partial charge in [-0.15, -0.1) is 0 Å². The van der Waals surface area contributed by atoms with Crippen molar-refractivity contribution in [1.29, 1.82) is 0 Å². The third-order valence-electron chi connectivity index (χ3n) is 2.75. The number of fused-ring (bicyclic) bond motifs is 1. The average Bonchev–Trinajstić information content (AvgIpc) is 2.83. The van der Waals surface area contributed by atoms with Crippen molar-refractivity contribution in [2.45, 2.75) is 13.0 Å². The number of rotatable bonds is 1. The minimum Gasteiger partial charge on any atom is -0.307 e. The molecule has 0 saturated heterocycles. The van der Waals surface area contributed by atoms with Gasteiger partial charge in [0.1, 0.15) is 0 Å². The smallest absolute Gasteiger partial charge is 0.0889 e. The van der Waals surface area contributed by atoms with Gasteiger partial charge in [0.2, 0.25) is 0 Å². The van der Waals surface area contributed by atoms with Crippen molar-refractivity contribution in [3.8, 4) is 0 Å². The fraction of sp³-hybridized carbons (Fsp3) is 0.250. The zero-order valence-corrected chi connectivity index (χ0v) is 9.34. The van der Waals surface area contributed by atoms with Crippen molar-refractivity contribution in [1.82, 2.24) is 9.69 Å². The van der Waals surface area contributed by atoms with Gasteiger partial charge >= 0.3 is 0 Å². The average molecular weight is 216 g/mol. The van der Waals surface area contributed by atoms with E-state index >= 15 is 0 Å². The van der Waals surface area contributed by atoms with Crippen molar-refractivity contribution in [3.05, 3.63) is 36.0 Å². The van der Waals surface area contributed by atoms with E-state index < -0.39 is 0 Å². The van der Waals surface area contributed by atoms with Crippen molar-refractivity contribution in [3.63, 3.8) is 0 Å². The van der Waals surface area contributed by atoms with E-state index in [1.165, 1.54) is 15.7 Å². The maximum atomic E-state index is 4.55. The monoisotopic (exact) mass is 216 g/mol. The molecule has 0 radical (unpaired) electrons. The van der Waals surface area contributed by atoms with Gasteiger partial charge in [0, 0.05) is 18.0 Å². The Morgan fingerprint density at radius 1 is 1.40 bits per heavy atom. The lowest BCUT2D eigenvalue weighted by atomic mass is 10.1. The molecular formula is C12H12N2S. The van der Waals surface area contributed by atoms with E-state index in [0.29, 0.717) is 6.04 Å². The van der Waals surface area contributed by atoms with Crippen molar-refractivity contribution >= 4 is 27.2 Å². The van der Waals surface area contributed by atoms with Crippen LogP contribution in [0, 0.1) is 0 Å². The van der Waals surface area contributed by atoms with E-state index in [-0.39, 0.29) is 0 Å². The number of aromatic nitrogens is 1. The van der Waals surface area contributed by atoms with Gasteiger partial charge in [0.25, 0.3) is 0 Å². The highest BCUT2D eigenvalue weighted by atomic mass is 32.1. The van der Waals surface area contributed by atoms with Crippen LogP contribution in [0.1, 0.15) is 12.6 Å². The van der Waals surface area contributed by atoms with Crippen LogP contribution in [0.25, 0.3) is 15.7 Å². The van der Waals surface area contributed by atoms with Gasteiger partial charge in [0.05, 0.1) is 10.4 Å². The van der Waals surface area contributed by atoms with Gasteiger partial charge in [-0.3, -0.25) is 0 Å². The summed E-state index contributed by atoms with van der Waals surface area (Å²) in [7, 11) is 0. The van der Waals surface area contributed by atoms with Crippen LogP contribution in [0.15, 0.2) is 30.3 Å². The lowest BCUT2D eigenvalue weighted by Gasteiger charge is -1.97. The SMILES string of the molecule is C[C@H]1C=C(c2nsc3ccccc23)CN1. The first-order chi connectivity index (χ1) is 7.34. The van der Waals surface area contributed by atoms with Gasteiger partial charge in [-0.2, -0.15) is 4.37 Å². The normalized spacial score (nSPS) is 20.9. The Labute approximate surface area is 92.8 Å². The number of nitrogens with zero attached hydrogens (tertiary/aromatic N) is 1. The van der Waals surface area contributed by atoms with E-state index in [9.17, 15) is 0 Å². The van der Waals surface area contributed by atoms with E-state index in [2.05, 4.69) is 47.0 Å². The topological polar surface area (TPSA) is 24.9 Å². The Bertz CT molecular complexity index is 527. The molecule has 2 nitrogen and oxygen atoms in total. The lowest BCUT2D eigenvalue weighted by Crippen LogP contribution is -2.17. The van der Waals surface area contributed by atoms with Crippen molar-refractivity contribution in [2.75, 3.05) is 6.54 Å². The maximum absolute atomic E-state index is 4.55. The molecule has 2 heterocycles. The van der Waals surface area contributed by atoms with Gasteiger partial charge in [-0.1, -0.05) is 24.3 Å². The van der Waals surface area contributed by atoms with E-state index in [4.69, 9.17) is 0 Å². The summed E-state index contributed by atoms with van der Waals surface area (Å²) in [6, 6.07) is 8.89. The molecular weight excluding hydrogens is 204 g/mol. The van der Waals surface area contributed by atoms with Crippen molar-refractivity contribution < 1.29 is 0 Å². The first kappa shape index (κ1) is 9.07. The van der Waals surface area contributed by atoms with Gasteiger partial charge in [-0.25, -0.2) is 0 Å². The summed E-state index contributed by atoms with van der Waals surface area (Å²) < 4.78 is 5.82. The number of hydrogen-bond donors (Lipinski definition) is 1. The Kier molecular flexibility index (Phi) is 2.08. The van der Waals surface area contributed by atoms with Gasteiger partial charge in [-0.05, 0) is 30.1 Å². The summed E-state index contributed by atoms with van der Waals surface area (Å²) >= 11 is 1.58. The molecule has 1 aliphatic heterocycles. The number of hydrogen-bond acceptors (Lipinski definition) is 3. The van der Waals surface area contributed by atoms with Gasteiger partial charge < -0.3 is 5.32 Å². The largest absolute Gasteiger partial charge is 0.307 e. The van der Waals surface area contributed by atoms with Crippen LogP contribution >= 0.6 is 11.5 Å². The molecule has 0 aliphatic carbocycles. The van der Waals surface area contributed by atoms with Crippen LogP contribution < -0.4 is 5.32 Å². The highest BCUT2D eigenvalue weighted by Gasteiger charge is 2.16. The Balaban J connectivity index is 2.15. The fourth-order valence-corrected chi connectivity index (χ4v) is 2.78. The van der Waals surface area contributed by atoms with E-state index in [1.807, 2.05) is 0 Å². The Morgan fingerprint density at radius 2 is 2.27 bits per heavy atom. The molecule has 1 aromatic heterocycles. The number of benzene rings is 1. The molecule has 2 aromatic rings. The Morgan fingerprint density at radius 3 is 3.07 bits per heavy atom. The molecule has 0 unspecified atom stereocenters. The first-order valence-corrected chi connectivity index (χ1v) is 5.91.